The van der Waals surface area contributed by atoms with Crippen LogP contribution in [0.2, 0.25) is 0 Å². The van der Waals surface area contributed by atoms with E-state index in [1.807, 2.05) is 50.3 Å². The van der Waals surface area contributed by atoms with Gasteiger partial charge in [-0.1, -0.05) is 43.7 Å². The average Bonchev–Trinajstić information content (AvgIpc) is 2.69. The minimum Gasteiger partial charge on any atom is -0.398 e. The Bertz CT molecular complexity index is 998. The summed E-state index contributed by atoms with van der Waals surface area (Å²) in [5.41, 5.74) is 9.46. The number of nitrogens with two attached hydrogens (primary N) is 1. The topological polar surface area (TPSA) is 79.0 Å². The number of hydrogen-bond donors (Lipinski definition) is 3. The van der Waals surface area contributed by atoms with Gasteiger partial charge in [0.25, 0.3) is 0 Å². The van der Waals surface area contributed by atoms with Gasteiger partial charge in [-0.2, -0.15) is 0 Å². The Hall–Kier alpha value is -3.23. The van der Waals surface area contributed by atoms with E-state index in [4.69, 9.17) is 11.1 Å². The number of allylic oxidation sites excluding steroid dienone is 1. The molecule has 0 unspecified atom stereocenters. The van der Waals surface area contributed by atoms with Crippen LogP contribution in [-0.2, 0) is 4.79 Å². The van der Waals surface area contributed by atoms with Gasteiger partial charge in [-0.3, -0.25) is 10.2 Å². The van der Waals surface area contributed by atoms with Crippen molar-refractivity contribution in [3.63, 3.8) is 0 Å². The summed E-state index contributed by atoms with van der Waals surface area (Å²) in [4.78, 5) is 13.4. The van der Waals surface area contributed by atoms with Crippen molar-refractivity contribution in [1.29, 1.82) is 5.41 Å². The first-order valence-electron chi connectivity index (χ1n) is 9.27. The number of carbonyl (C=O) groups excluding carboxylic acids is 1. The number of hydrogen-bond acceptors (Lipinski definition) is 4. The molecule has 1 amide bonds. The van der Waals surface area contributed by atoms with Gasteiger partial charge in [0.1, 0.15) is 5.71 Å². The molecule has 0 heterocycles. The zero-order valence-corrected chi connectivity index (χ0v) is 17.5. The van der Waals surface area contributed by atoms with E-state index in [0.29, 0.717) is 16.9 Å². The number of anilines is 2. The Kier molecular flexibility index (Phi) is 8.32. The Balaban J connectivity index is 2.21. The Morgan fingerprint density at radius 1 is 1.31 bits per heavy atom. The molecule has 0 fully saturated rings. The summed E-state index contributed by atoms with van der Waals surface area (Å²) in [6, 6.07) is 12.9. The second kappa shape index (κ2) is 10.9. The van der Waals surface area contributed by atoms with Crippen LogP contribution in [0, 0.1) is 24.2 Å². The molecule has 0 aliphatic rings. The highest BCUT2D eigenvalue weighted by atomic mass is 32.2. The van der Waals surface area contributed by atoms with E-state index in [1.54, 1.807) is 17.5 Å². The van der Waals surface area contributed by atoms with E-state index < -0.39 is 0 Å². The lowest BCUT2D eigenvalue weighted by Crippen LogP contribution is -2.14. The van der Waals surface area contributed by atoms with Gasteiger partial charge in [-0.25, -0.2) is 0 Å². The molecule has 4 N–H and O–H groups in total. The fourth-order valence-electron chi connectivity index (χ4n) is 2.65. The van der Waals surface area contributed by atoms with Crippen LogP contribution >= 0.6 is 11.8 Å². The van der Waals surface area contributed by atoms with Gasteiger partial charge in [-0.15, -0.1) is 11.8 Å². The predicted octanol–water partition coefficient (Wildman–Crippen LogP) is 5.50. The molecular weight excluding hydrogens is 378 g/mol. The zero-order valence-electron chi connectivity index (χ0n) is 16.7. The highest BCUT2D eigenvalue weighted by Gasteiger charge is 2.12. The maximum atomic E-state index is 12.5. The molecule has 0 saturated heterocycles. The van der Waals surface area contributed by atoms with Crippen LogP contribution in [0.3, 0.4) is 0 Å². The molecule has 0 radical (unpaired) electrons. The molecule has 2 rings (SSSR count). The Morgan fingerprint density at radius 3 is 2.69 bits per heavy atom. The van der Waals surface area contributed by atoms with Crippen molar-refractivity contribution in [2.24, 2.45) is 0 Å². The molecule has 2 aromatic carbocycles. The standard InChI is InChI=1S/C24H25N3OS/c1-4-9-19(29-5-2)15-24(28)27-23-16-20(22(26)14-17(23)3)21(25)13-12-18-10-7-6-8-11-18/h5-11,14,16,25H,2,4,15,26H2,1,3H3,(H,27,28)/b19-9-,25-21?. The number of nitrogens with one attached hydrogen (secondary N) is 2. The van der Waals surface area contributed by atoms with Crippen LogP contribution in [0.1, 0.15) is 36.5 Å². The molecule has 29 heavy (non-hydrogen) atoms. The zero-order chi connectivity index (χ0) is 21.2. The minimum atomic E-state index is -0.125. The molecule has 0 aliphatic carbocycles. The number of nitrogen functional groups attached to an aromatic ring is 1. The first-order valence-corrected chi connectivity index (χ1v) is 10.1. The van der Waals surface area contributed by atoms with E-state index in [1.165, 1.54) is 11.8 Å². The number of thioether (sulfide) groups is 1. The van der Waals surface area contributed by atoms with Crippen molar-refractivity contribution in [3.8, 4) is 11.8 Å². The average molecular weight is 404 g/mol. The Morgan fingerprint density at radius 2 is 2.03 bits per heavy atom. The van der Waals surface area contributed by atoms with Crippen molar-refractivity contribution in [2.45, 2.75) is 26.7 Å². The van der Waals surface area contributed by atoms with Gasteiger partial charge in [-0.05, 0) is 59.4 Å². The largest absolute Gasteiger partial charge is 0.398 e. The fourth-order valence-corrected chi connectivity index (χ4v) is 3.35. The maximum Gasteiger partial charge on any atom is 0.229 e. The molecule has 2 aromatic rings. The quantitative estimate of drug-likeness (QED) is 0.325. The van der Waals surface area contributed by atoms with Crippen LogP contribution in [0.15, 0.2) is 65.4 Å². The van der Waals surface area contributed by atoms with Gasteiger partial charge >= 0.3 is 0 Å². The summed E-state index contributed by atoms with van der Waals surface area (Å²) in [6.07, 6.45) is 3.14. The number of benzene rings is 2. The van der Waals surface area contributed by atoms with Crippen molar-refractivity contribution in [2.75, 3.05) is 11.1 Å². The molecule has 0 aromatic heterocycles. The first kappa shape index (κ1) is 22.1. The molecule has 0 saturated carbocycles. The minimum absolute atomic E-state index is 0.107. The van der Waals surface area contributed by atoms with Crippen LogP contribution < -0.4 is 11.1 Å². The lowest BCUT2D eigenvalue weighted by atomic mass is 10.0. The highest BCUT2D eigenvalue weighted by Crippen LogP contribution is 2.25. The molecule has 0 atom stereocenters. The monoisotopic (exact) mass is 403 g/mol. The number of carbonyl (C=O) groups is 1. The van der Waals surface area contributed by atoms with E-state index >= 15 is 0 Å². The van der Waals surface area contributed by atoms with E-state index in [-0.39, 0.29) is 18.0 Å². The molecule has 5 heteroatoms. The highest BCUT2D eigenvalue weighted by molar-refractivity contribution is 8.05. The number of amides is 1. The van der Waals surface area contributed by atoms with Gasteiger partial charge < -0.3 is 11.1 Å². The molecule has 0 aliphatic heterocycles. The van der Waals surface area contributed by atoms with Gasteiger partial charge in [0.15, 0.2) is 0 Å². The van der Waals surface area contributed by atoms with Gasteiger partial charge in [0.05, 0.1) is 6.42 Å². The number of rotatable bonds is 7. The van der Waals surface area contributed by atoms with Crippen molar-refractivity contribution in [3.05, 3.63) is 82.1 Å². The lowest BCUT2D eigenvalue weighted by molar-refractivity contribution is -0.115. The van der Waals surface area contributed by atoms with E-state index in [2.05, 4.69) is 23.7 Å². The van der Waals surface area contributed by atoms with Crippen LogP contribution in [0.4, 0.5) is 11.4 Å². The Labute approximate surface area is 176 Å². The smallest absolute Gasteiger partial charge is 0.229 e. The summed E-state index contributed by atoms with van der Waals surface area (Å²) in [5.74, 6) is 5.68. The lowest BCUT2D eigenvalue weighted by Gasteiger charge is -2.13. The summed E-state index contributed by atoms with van der Waals surface area (Å²) in [5, 5.41) is 12.9. The maximum absolute atomic E-state index is 12.5. The molecule has 0 bridgehead atoms. The third-order valence-electron chi connectivity index (χ3n) is 4.05. The molecule has 4 nitrogen and oxygen atoms in total. The van der Waals surface area contributed by atoms with Crippen LogP contribution in [0.25, 0.3) is 0 Å². The fraction of sp³-hybridized carbons (Fsp3) is 0.167. The van der Waals surface area contributed by atoms with Crippen LogP contribution in [0.5, 0.6) is 0 Å². The van der Waals surface area contributed by atoms with Gasteiger partial charge in [0.2, 0.25) is 5.91 Å². The third kappa shape index (κ3) is 6.70. The SMILES string of the molecule is C=CS/C(=C\CC)CC(=O)Nc1cc(C(=N)C#Cc2ccccc2)c(N)cc1C. The summed E-state index contributed by atoms with van der Waals surface area (Å²) >= 11 is 1.45. The summed E-state index contributed by atoms with van der Waals surface area (Å²) in [6.45, 7) is 7.61. The van der Waals surface area contributed by atoms with E-state index in [0.717, 1.165) is 22.5 Å². The molecular formula is C24H25N3OS. The third-order valence-corrected chi connectivity index (χ3v) is 4.83. The summed E-state index contributed by atoms with van der Waals surface area (Å²) < 4.78 is 0. The van der Waals surface area contributed by atoms with Crippen molar-refractivity contribution >= 4 is 34.8 Å². The predicted molar refractivity (Wildman–Crippen MR) is 125 cm³/mol. The van der Waals surface area contributed by atoms with Crippen molar-refractivity contribution < 1.29 is 4.79 Å². The number of aryl methyl sites for hydroxylation is 1. The van der Waals surface area contributed by atoms with E-state index in [9.17, 15) is 4.79 Å². The summed E-state index contributed by atoms with van der Waals surface area (Å²) in [7, 11) is 0. The second-order valence-corrected chi connectivity index (χ2v) is 7.43. The van der Waals surface area contributed by atoms with Crippen molar-refractivity contribution in [1.82, 2.24) is 0 Å². The normalized spacial score (nSPS) is 10.6. The molecule has 0 spiro atoms. The first-order chi connectivity index (χ1) is 13.9. The molecule has 148 valence electrons. The second-order valence-electron chi connectivity index (χ2n) is 6.33. The van der Waals surface area contributed by atoms with Gasteiger partial charge in [0, 0.05) is 22.5 Å². The van der Waals surface area contributed by atoms with Crippen LogP contribution in [-0.4, -0.2) is 11.6 Å².